The van der Waals surface area contributed by atoms with Gasteiger partial charge in [-0.15, -0.1) is 0 Å². The molecule has 0 saturated heterocycles. The van der Waals surface area contributed by atoms with Crippen molar-refractivity contribution in [2.75, 3.05) is 5.32 Å². The molecular formula is C24H22N2O2S. The fourth-order valence-corrected chi connectivity index (χ4v) is 4.72. The molecule has 1 amide bonds. The van der Waals surface area contributed by atoms with Gasteiger partial charge in [-0.05, 0) is 67.2 Å². The van der Waals surface area contributed by atoms with Gasteiger partial charge in [0.05, 0.1) is 17.4 Å². The Labute approximate surface area is 173 Å². The summed E-state index contributed by atoms with van der Waals surface area (Å²) in [5.74, 6) is -0.154. The number of nitrogens with one attached hydrogen (secondary N) is 1. The predicted molar refractivity (Wildman–Crippen MR) is 120 cm³/mol. The van der Waals surface area contributed by atoms with E-state index in [0.717, 1.165) is 27.8 Å². The molecule has 146 valence electrons. The maximum absolute atomic E-state index is 12.8. The van der Waals surface area contributed by atoms with Gasteiger partial charge in [-0.2, -0.15) is 0 Å². The molecule has 3 aromatic carbocycles. The molecule has 0 fully saturated rings. The molecule has 0 atom stereocenters. The third-order valence-corrected chi connectivity index (χ3v) is 5.94. The third kappa shape index (κ3) is 3.87. The van der Waals surface area contributed by atoms with Gasteiger partial charge in [0.1, 0.15) is 0 Å². The molecule has 4 aromatic rings. The van der Waals surface area contributed by atoms with E-state index in [2.05, 4.69) is 5.32 Å². The number of rotatable bonds is 4. The number of aryl methyl sites for hydroxylation is 3. The van der Waals surface area contributed by atoms with Crippen molar-refractivity contribution in [3.8, 4) is 0 Å². The van der Waals surface area contributed by atoms with Crippen molar-refractivity contribution in [1.29, 1.82) is 0 Å². The molecule has 0 spiro atoms. The van der Waals surface area contributed by atoms with Gasteiger partial charge in [-0.25, -0.2) is 0 Å². The van der Waals surface area contributed by atoms with E-state index in [-0.39, 0.29) is 10.6 Å². The Bertz CT molecular complexity index is 1250. The zero-order valence-electron chi connectivity index (χ0n) is 16.7. The van der Waals surface area contributed by atoms with Gasteiger partial charge < -0.3 is 5.32 Å². The van der Waals surface area contributed by atoms with E-state index in [4.69, 9.17) is 0 Å². The molecule has 1 heterocycles. The summed E-state index contributed by atoms with van der Waals surface area (Å²) in [7, 11) is 0. The average Bonchev–Trinajstić information content (AvgIpc) is 2.97. The molecule has 29 heavy (non-hydrogen) atoms. The van der Waals surface area contributed by atoms with Crippen molar-refractivity contribution in [3.63, 3.8) is 0 Å². The summed E-state index contributed by atoms with van der Waals surface area (Å²) in [5.41, 5.74) is 6.36. The molecule has 4 nitrogen and oxygen atoms in total. The topological polar surface area (TPSA) is 51.1 Å². The summed E-state index contributed by atoms with van der Waals surface area (Å²) in [6, 6.07) is 19.6. The number of benzene rings is 3. The lowest BCUT2D eigenvalue weighted by Crippen LogP contribution is -2.15. The molecule has 0 unspecified atom stereocenters. The molecule has 0 aliphatic rings. The Hall–Kier alpha value is -3.18. The van der Waals surface area contributed by atoms with Gasteiger partial charge in [0.25, 0.3) is 10.6 Å². The summed E-state index contributed by atoms with van der Waals surface area (Å²) >= 11 is 1.20. The first-order chi connectivity index (χ1) is 13.9. The minimum Gasteiger partial charge on any atom is -0.322 e. The second-order valence-corrected chi connectivity index (χ2v) is 8.35. The van der Waals surface area contributed by atoms with Crippen LogP contribution in [0.1, 0.15) is 32.6 Å². The van der Waals surface area contributed by atoms with Gasteiger partial charge in [-0.3, -0.25) is 13.5 Å². The Morgan fingerprint density at radius 3 is 2.34 bits per heavy atom. The lowest BCUT2D eigenvalue weighted by Gasteiger charge is -2.12. The highest BCUT2D eigenvalue weighted by molar-refractivity contribution is 7.05. The molecule has 1 aromatic heterocycles. The van der Waals surface area contributed by atoms with E-state index in [9.17, 15) is 9.59 Å². The fraction of sp³-hybridized carbons (Fsp3) is 0.167. The highest BCUT2D eigenvalue weighted by atomic mass is 32.1. The predicted octanol–water partition coefficient (Wildman–Crippen LogP) is 5.29. The zero-order valence-corrected chi connectivity index (χ0v) is 17.5. The third-order valence-electron chi connectivity index (χ3n) is 5.01. The first-order valence-corrected chi connectivity index (χ1v) is 10.3. The molecule has 0 saturated carbocycles. The first kappa shape index (κ1) is 19.2. The molecule has 1 N–H and O–H groups in total. The molecule has 5 heteroatoms. The van der Waals surface area contributed by atoms with Crippen LogP contribution < -0.4 is 10.1 Å². The fourth-order valence-electron chi connectivity index (χ4n) is 3.79. The van der Waals surface area contributed by atoms with Gasteiger partial charge >= 0.3 is 0 Å². The minimum absolute atomic E-state index is 0.00488. The van der Waals surface area contributed by atoms with Gasteiger partial charge in [0.2, 0.25) is 0 Å². The molecule has 4 rings (SSSR count). The lowest BCUT2D eigenvalue weighted by atomic mass is 9.99. The van der Waals surface area contributed by atoms with E-state index in [0.29, 0.717) is 23.2 Å². The Kier molecular flexibility index (Phi) is 5.07. The monoisotopic (exact) mass is 402 g/mol. The summed E-state index contributed by atoms with van der Waals surface area (Å²) in [6.45, 7) is 6.56. The zero-order chi connectivity index (χ0) is 20.5. The van der Waals surface area contributed by atoms with Crippen LogP contribution >= 0.6 is 11.5 Å². The number of hydrogen-bond acceptors (Lipinski definition) is 3. The Morgan fingerprint density at radius 2 is 1.66 bits per heavy atom. The maximum atomic E-state index is 12.8. The SMILES string of the molecule is Cc1cc(C)c(C(=O)Nc2ccc3c(c2)c(=O)sn3Cc2ccccc2)c(C)c1. The number of hydrogen-bond donors (Lipinski definition) is 1. The molecule has 0 aliphatic heterocycles. The molecule has 0 bridgehead atoms. The summed E-state index contributed by atoms with van der Waals surface area (Å²) in [6.07, 6.45) is 0. The quantitative estimate of drug-likeness (QED) is 0.504. The van der Waals surface area contributed by atoms with Crippen LogP contribution in [0.2, 0.25) is 0 Å². The molecule has 0 aliphatic carbocycles. The van der Waals surface area contributed by atoms with E-state index in [1.54, 1.807) is 6.07 Å². The number of fused-ring (bicyclic) bond motifs is 1. The van der Waals surface area contributed by atoms with Crippen LogP contribution in [0.4, 0.5) is 5.69 Å². The smallest absolute Gasteiger partial charge is 0.257 e. The minimum atomic E-state index is -0.154. The van der Waals surface area contributed by atoms with Crippen LogP contribution in [0.15, 0.2) is 65.5 Å². The van der Waals surface area contributed by atoms with Crippen LogP contribution in [0.5, 0.6) is 0 Å². The van der Waals surface area contributed by atoms with Crippen LogP contribution in [-0.2, 0) is 6.54 Å². The van der Waals surface area contributed by atoms with Crippen molar-refractivity contribution in [1.82, 2.24) is 3.96 Å². The van der Waals surface area contributed by atoms with E-state index in [1.165, 1.54) is 11.5 Å². The number of aromatic nitrogens is 1. The van der Waals surface area contributed by atoms with Crippen LogP contribution in [0, 0.1) is 20.8 Å². The number of carbonyl (C=O) groups excluding carboxylic acids is 1. The van der Waals surface area contributed by atoms with Crippen LogP contribution in [-0.4, -0.2) is 9.86 Å². The first-order valence-electron chi connectivity index (χ1n) is 9.49. The number of carbonyl (C=O) groups is 1. The Morgan fingerprint density at radius 1 is 0.966 bits per heavy atom. The van der Waals surface area contributed by atoms with E-state index >= 15 is 0 Å². The molecular weight excluding hydrogens is 380 g/mol. The normalized spacial score (nSPS) is 11.0. The van der Waals surface area contributed by atoms with Gasteiger partial charge in [0, 0.05) is 11.3 Å². The number of nitrogens with zero attached hydrogens (tertiary/aromatic N) is 1. The average molecular weight is 403 g/mol. The van der Waals surface area contributed by atoms with Crippen LogP contribution in [0.25, 0.3) is 10.9 Å². The maximum Gasteiger partial charge on any atom is 0.257 e. The summed E-state index contributed by atoms with van der Waals surface area (Å²) in [5, 5.41) is 3.58. The van der Waals surface area contributed by atoms with Gasteiger partial charge in [0.15, 0.2) is 0 Å². The van der Waals surface area contributed by atoms with Crippen molar-refractivity contribution < 1.29 is 4.79 Å². The number of anilines is 1. The number of amides is 1. The van der Waals surface area contributed by atoms with E-state index in [1.807, 2.05) is 79.3 Å². The summed E-state index contributed by atoms with van der Waals surface area (Å²) < 4.78 is 1.99. The second kappa shape index (κ2) is 7.68. The molecule has 0 radical (unpaired) electrons. The second-order valence-electron chi connectivity index (χ2n) is 7.36. The van der Waals surface area contributed by atoms with Crippen LogP contribution in [0.3, 0.4) is 0 Å². The highest BCUT2D eigenvalue weighted by Crippen LogP contribution is 2.23. The van der Waals surface area contributed by atoms with Crippen molar-refractivity contribution >= 4 is 34.0 Å². The van der Waals surface area contributed by atoms with Crippen molar-refractivity contribution in [2.24, 2.45) is 0 Å². The van der Waals surface area contributed by atoms with Gasteiger partial charge in [-0.1, -0.05) is 48.0 Å². The standard InChI is InChI=1S/C24H22N2O2S/c1-15-11-16(2)22(17(3)12-15)23(27)25-19-9-10-21-20(13-19)24(28)29-26(21)14-18-7-5-4-6-8-18/h4-13H,14H2,1-3H3,(H,25,27). The van der Waals surface area contributed by atoms with Crippen molar-refractivity contribution in [2.45, 2.75) is 27.3 Å². The van der Waals surface area contributed by atoms with Crippen molar-refractivity contribution in [3.05, 3.63) is 98.0 Å². The lowest BCUT2D eigenvalue weighted by molar-refractivity contribution is 0.102. The largest absolute Gasteiger partial charge is 0.322 e. The summed E-state index contributed by atoms with van der Waals surface area (Å²) in [4.78, 5) is 25.4. The Balaban J connectivity index is 1.64. The highest BCUT2D eigenvalue weighted by Gasteiger charge is 2.15. The van der Waals surface area contributed by atoms with E-state index < -0.39 is 0 Å².